The number of rotatable bonds is 7. The Balaban J connectivity index is 1.58. The molecule has 1 heterocycles. The van der Waals surface area contributed by atoms with Crippen LogP contribution in [0.2, 0.25) is 0 Å². The van der Waals surface area contributed by atoms with Crippen LogP contribution >= 0.6 is 11.8 Å². The van der Waals surface area contributed by atoms with E-state index in [0.717, 1.165) is 9.20 Å². The van der Waals surface area contributed by atoms with E-state index in [9.17, 15) is 22.8 Å². The predicted molar refractivity (Wildman–Crippen MR) is 121 cm³/mol. The SMILES string of the molecule is C[C@@H](OC(=O)C[C@@H]1Sc2ccccc2NC1=O)C(=O)Nc1cccc(S(=O)(=O)N(C)C)c1. The van der Waals surface area contributed by atoms with Crippen LogP contribution in [-0.4, -0.2) is 56.0 Å². The van der Waals surface area contributed by atoms with Crippen LogP contribution in [0.15, 0.2) is 58.3 Å². The number of carbonyl (C=O) groups excluding carboxylic acids is 3. The summed E-state index contributed by atoms with van der Waals surface area (Å²) in [6.45, 7) is 1.40. The van der Waals surface area contributed by atoms with Gasteiger partial charge in [-0.25, -0.2) is 12.7 Å². The van der Waals surface area contributed by atoms with Gasteiger partial charge in [-0.2, -0.15) is 0 Å². The molecule has 32 heavy (non-hydrogen) atoms. The molecule has 2 atom stereocenters. The molecular weight excluding hydrogens is 454 g/mol. The van der Waals surface area contributed by atoms with Crippen LogP contribution in [0.1, 0.15) is 13.3 Å². The fourth-order valence-electron chi connectivity index (χ4n) is 2.87. The van der Waals surface area contributed by atoms with E-state index in [1.54, 1.807) is 12.1 Å². The Morgan fingerprint density at radius 1 is 1.19 bits per heavy atom. The highest BCUT2D eigenvalue weighted by atomic mass is 32.2. The molecule has 1 aliphatic rings. The standard InChI is InChI=1S/C21H23N3O6S2/c1-13(20(26)22-14-7-6-8-15(11-14)32(28,29)24(2)3)30-19(25)12-18-21(27)23-16-9-4-5-10-17(16)31-18/h4-11,13,18H,12H2,1-3H3,(H,22,26)(H,23,27)/t13-,18+/m1/s1. The second-order valence-electron chi connectivity index (χ2n) is 7.23. The molecule has 0 saturated carbocycles. The van der Waals surface area contributed by atoms with Gasteiger partial charge in [-0.05, 0) is 37.3 Å². The quantitative estimate of drug-likeness (QED) is 0.587. The largest absolute Gasteiger partial charge is 0.452 e. The van der Waals surface area contributed by atoms with Crippen molar-refractivity contribution in [3.05, 3.63) is 48.5 Å². The Labute approximate surface area is 190 Å². The zero-order chi connectivity index (χ0) is 23.5. The zero-order valence-corrected chi connectivity index (χ0v) is 19.3. The van der Waals surface area contributed by atoms with Gasteiger partial charge in [0, 0.05) is 24.7 Å². The van der Waals surface area contributed by atoms with Gasteiger partial charge in [0.25, 0.3) is 5.91 Å². The zero-order valence-electron chi connectivity index (χ0n) is 17.7. The van der Waals surface area contributed by atoms with Crippen LogP contribution in [0.25, 0.3) is 0 Å². The lowest BCUT2D eigenvalue weighted by atomic mass is 10.2. The number of amides is 2. The first-order chi connectivity index (χ1) is 15.1. The van der Waals surface area contributed by atoms with Crippen molar-refractivity contribution in [2.75, 3.05) is 24.7 Å². The summed E-state index contributed by atoms with van der Waals surface area (Å²) in [7, 11) is -0.844. The molecule has 2 N–H and O–H groups in total. The molecule has 2 aromatic rings. The lowest BCUT2D eigenvalue weighted by molar-refractivity contribution is -0.153. The Kier molecular flexibility index (Phi) is 7.22. The van der Waals surface area contributed by atoms with E-state index in [2.05, 4.69) is 10.6 Å². The van der Waals surface area contributed by atoms with Crippen molar-refractivity contribution in [2.45, 2.75) is 34.5 Å². The van der Waals surface area contributed by atoms with Gasteiger partial charge in [-0.15, -0.1) is 11.8 Å². The number of fused-ring (bicyclic) bond motifs is 1. The van der Waals surface area contributed by atoms with Crippen LogP contribution in [-0.2, 0) is 29.1 Å². The number of hydrogen-bond acceptors (Lipinski definition) is 7. The number of anilines is 2. The van der Waals surface area contributed by atoms with E-state index in [1.165, 1.54) is 57.0 Å². The molecule has 9 nitrogen and oxygen atoms in total. The second-order valence-corrected chi connectivity index (χ2v) is 10.6. The number of benzene rings is 2. The molecule has 1 aliphatic heterocycles. The average Bonchev–Trinajstić information content (AvgIpc) is 2.74. The maximum absolute atomic E-state index is 12.4. The number of sulfonamides is 1. The third-order valence-corrected chi connectivity index (χ3v) is 7.70. The van der Waals surface area contributed by atoms with Crippen LogP contribution in [0.5, 0.6) is 0 Å². The van der Waals surface area contributed by atoms with Crippen LogP contribution in [0.3, 0.4) is 0 Å². The number of thioether (sulfide) groups is 1. The van der Waals surface area contributed by atoms with Crippen molar-refractivity contribution in [2.24, 2.45) is 0 Å². The maximum atomic E-state index is 12.4. The van der Waals surface area contributed by atoms with Crippen molar-refractivity contribution in [3.63, 3.8) is 0 Å². The first-order valence-corrected chi connectivity index (χ1v) is 12.0. The Morgan fingerprint density at radius 3 is 2.62 bits per heavy atom. The molecule has 170 valence electrons. The Bertz CT molecular complexity index is 1150. The molecule has 2 aromatic carbocycles. The maximum Gasteiger partial charge on any atom is 0.308 e. The van der Waals surface area contributed by atoms with Crippen LogP contribution in [0.4, 0.5) is 11.4 Å². The molecule has 0 radical (unpaired) electrons. The van der Waals surface area contributed by atoms with Gasteiger partial charge in [0.15, 0.2) is 6.10 Å². The van der Waals surface area contributed by atoms with Crippen LogP contribution < -0.4 is 10.6 Å². The Morgan fingerprint density at radius 2 is 1.91 bits per heavy atom. The van der Waals surface area contributed by atoms with Gasteiger partial charge in [-0.1, -0.05) is 18.2 Å². The minimum atomic E-state index is -3.66. The van der Waals surface area contributed by atoms with Gasteiger partial charge < -0.3 is 15.4 Å². The first-order valence-electron chi connectivity index (χ1n) is 9.67. The van der Waals surface area contributed by atoms with Gasteiger partial charge in [0.1, 0.15) is 0 Å². The third kappa shape index (κ3) is 5.47. The fourth-order valence-corrected chi connectivity index (χ4v) is 4.91. The van der Waals surface area contributed by atoms with E-state index < -0.39 is 33.3 Å². The number of esters is 1. The van der Waals surface area contributed by atoms with Crippen molar-refractivity contribution < 1.29 is 27.5 Å². The molecule has 3 rings (SSSR count). The van der Waals surface area contributed by atoms with Crippen LogP contribution in [0, 0.1) is 0 Å². The lowest BCUT2D eigenvalue weighted by Gasteiger charge is -2.23. The van der Waals surface area contributed by atoms with Crippen molar-refractivity contribution in [1.29, 1.82) is 0 Å². The van der Waals surface area contributed by atoms with Crippen molar-refractivity contribution in [1.82, 2.24) is 4.31 Å². The highest BCUT2D eigenvalue weighted by Gasteiger charge is 2.30. The summed E-state index contributed by atoms with van der Waals surface area (Å²) in [5.74, 6) is -1.62. The molecular formula is C21H23N3O6S2. The average molecular weight is 478 g/mol. The topological polar surface area (TPSA) is 122 Å². The minimum Gasteiger partial charge on any atom is -0.452 e. The molecule has 0 spiro atoms. The molecule has 11 heteroatoms. The van der Waals surface area contributed by atoms with E-state index in [4.69, 9.17) is 4.74 Å². The summed E-state index contributed by atoms with van der Waals surface area (Å²) in [6.07, 6.45) is -1.33. The second kappa shape index (κ2) is 9.72. The van der Waals surface area contributed by atoms with E-state index in [0.29, 0.717) is 5.69 Å². The summed E-state index contributed by atoms with van der Waals surface area (Å²) >= 11 is 1.26. The van der Waals surface area contributed by atoms with Gasteiger partial charge >= 0.3 is 5.97 Å². The number of para-hydroxylation sites is 1. The van der Waals surface area contributed by atoms with Crippen molar-refractivity contribution in [3.8, 4) is 0 Å². The number of hydrogen-bond donors (Lipinski definition) is 2. The number of carbonyl (C=O) groups is 3. The van der Waals surface area contributed by atoms with Gasteiger partial charge in [0.2, 0.25) is 15.9 Å². The predicted octanol–water partition coefficient (Wildman–Crippen LogP) is 2.31. The summed E-state index contributed by atoms with van der Waals surface area (Å²) in [6, 6.07) is 13.0. The molecule has 2 amide bonds. The molecule has 0 fully saturated rings. The normalized spacial score (nSPS) is 16.6. The summed E-state index contributed by atoms with van der Waals surface area (Å²) in [5.41, 5.74) is 0.943. The summed E-state index contributed by atoms with van der Waals surface area (Å²) < 4.78 is 30.8. The fraction of sp³-hybridized carbons (Fsp3) is 0.286. The van der Waals surface area contributed by atoms with Gasteiger partial charge in [-0.3, -0.25) is 14.4 Å². The molecule has 0 aromatic heterocycles. The highest BCUT2D eigenvalue weighted by molar-refractivity contribution is 8.01. The molecule has 0 bridgehead atoms. The summed E-state index contributed by atoms with van der Waals surface area (Å²) in [5, 5.41) is 4.62. The third-order valence-electron chi connectivity index (χ3n) is 4.62. The minimum absolute atomic E-state index is 0.0190. The number of nitrogens with zero attached hydrogens (tertiary/aromatic N) is 1. The Hall–Kier alpha value is -2.89. The molecule has 0 saturated heterocycles. The highest BCUT2D eigenvalue weighted by Crippen LogP contribution is 2.36. The van der Waals surface area contributed by atoms with E-state index in [-0.39, 0.29) is 22.9 Å². The molecule has 0 unspecified atom stereocenters. The van der Waals surface area contributed by atoms with Gasteiger partial charge in [0.05, 0.1) is 22.3 Å². The van der Waals surface area contributed by atoms with E-state index in [1.807, 2.05) is 12.1 Å². The smallest absolute Gasteiger partial charge is 0.308 e. The first kappa shape index (κ1) is 23.8. The monoisotopic (exact) mass is 477 g/mol. The van der Waals surface area contributed by atoms with Crippen molar-refractivity contribution >= 4 is 50.9 Å². The van der Waals surface area contributed by atoms with E-state index >= 15 is 0 Å². The summed E-state index contributed by atoms with van der Waals surface area (Å²) in [4.78, 5) is 37.9. The number of ether oxygens (including phenoxy) is 1. The molecule has 0 aliphatic carbocycles. The lowest BCUT2D eigenvalue weighted by Crippen LogP contribution is -2.34. The number of nitrogens with one attached hydrogen (secondary N) is 2.